The monoisotopic (exact) mass is 334 g/mol. The zero-order chi connectivity index (χ0) is 16.8. The lowest BCUT2D eigenvalue weighted by Gasteiger charge is -2.25. The molecular formula is C14H20F2N2O3S. The fraction of sp³-hybridized carbons (Fsp3) is 0.500. The van der Waals surface area contributed by atoms with Gasteiger partial charge >= 0.3 is 0 Å². The molecule has 0 aromatic heterocycles. The lowest BCUT2D eigenvalue weighted by molar-refractivity contribution is -0.134. The number of sulfonamides is 1. The zero-order valence-electron chi connectivity index (χ0n) is 12.5. The van der Waals surface area contributed by atoms with Crippen LogP contribution in [0.15, 0.2) is 35.2 Å². The van der Waals surface area contributed by atoms with Gasteiger partial charge in [0.1, 0.15) is 0 Å². The van der Waals surface area contributed by atoms with Gasteiger partial charge in [-0.05, 0) is 25.5 Å². The van der Waals surface area contributed by atoms with E-state index < -0.39 is 34.9 Å². The van der Waals surface area contributed by atoms with Gasteiger partial charge in [-0.25, -0.2) is 17.2 Å². The molecule has 0 saturated heterocycles. The minimum atomic E-state index is -3.87. The number of carbonyl (C=O) groups excluding carboxylic acids is 1. The highest BCUT2D eigenvalue weighted by atomic mass is 32.2. The first-order valence-corrected chi connectivity index (χ1v) is 8.40. The SMILES string of the molecule is CCCN(CC(F)F)C(=O)[C@H](C)NS(=O)(=O)c1ccccc1. The average molecular weight is 334 g/mol. The molecule has 0 radical (unpaired) electrons. The lowest BCUT2D eigenvalue weighted by atomic mass is 10.3. The molecule has 8 heteroatoms. The van der Waals surface area contributed by atoms with E-state index in [0.29, 0.717) is 6.42 Å². The Kier molecular flexibility index (Phi) is 6.89. The number of benzene rings is 1. The van der Waals surface area contributed by atoms with E-state index in [-0.39, 0.29) is 11.4 Å². The summed E-state index contributed by atoms with van der Waals surface area (Å²) in [6, 6.07) is 6.45. The summed E-state index contributed by atoms with van der Waals surface area (Å²) in [4.78, 5) is 13.1. The molecule has 0 aliphatic carbocycles. The van der Waals surface area contributed by atoms with Gasteiger partial charge in [-0.2, -0.15) is 4.72 Å². The van der Waals surface area contributed by atoms with Crippen molar-refractivity contribution in [3.63, 3.8) is 0 Å². The lowest BCUT2D eigenvalue weighted by Crippen LogP contribution is -2.48. The van der Waals surface area contributed by atoms with Gasteiger partial charge < -0.3 is 4.90 Å². The third kappa shape index (κ3) is 5.34. The van der Waals surface area contributed by atoms with Crippen molar-refractivity contribution in [1.29, 1.82) is 0 Å². The number of hydrogen-bond donors (Lipinski definition) is 1. The van der Waals surface area contributed by atoms with E-state index in [2.05, 4.69) is 4.72 Å². The first kappa shape index (κ1) is 18.5. The van der Waals surface area contributed by atoms with Gasteiger partial charge in [0.25, 0.3) is 6.43 Å². The Morgan fingerprint density at radius 2 is 1.86 bits per heavy atom. The van der Waals surface area contributed by atoms with Crippen molar-refractivity contribution in [3.8, 4) is 0 Å². The van der Waals surface area contributed by atoms with Crippen LogP contribution in [0.25, 0.3) is 0 Å². The Morgan fingerprint density at radius 3 is 2.36 bits per heavy atom. The largest absolute Gasteiger partial charge is 0.336 e. The normalized spacial score (nSPS) is 13.1. The van der Waals surface area contributed by atoms with Gasteiger partial charge in [0.05, 0.1) is 17.5 Å². The molecule has 22 heavy (non-hydrogen) atoms. The number of amides is 1. The summed E-state index contributed by atoms with van der Waals surface area (Å²) < 4.78 is 51.5. The highest BCUT2D eigenvalue weighted by Gasteiger charge is 2.26. The van der Waals surface area contributed by atoms with Crippen LogP contribution in [0.5, 0.6) is 0 Å². The predicted molar refractivity (Wildman–Crippen MR) is 79.1 cm³/mol. The van der Waals surface area contributed by atoms with Crippen molar-refractivity contribution < 1.29 is 22.0 Å². The molecule has 124 valence electrons. The highest BCUT2D eigenvalue weighted by molar-refractivity contribution is 7.89. The summed E-state index contributed by atoms with van der Waals surface area (Å²) in [5, 5.41) is 0. The second-order valence-electron chi connectivity index (χ2n) is 4.83. The predicted octanol–water partition coefficient (Wildman–Crippen LogP) is 1.86. The van der Waals surface area contributed by atoms with Crippen molar-refractivity contribution in [3.05, 3.63) is 30.3 Å². The van der Waals surface area contributed by atoms with Crippen LogP contribution in [-0.2, 0) is 14.8 Å². The molecule has 0 unspecified atom stereocenters. The minimum absolute atomic E-state index is 0.0190. The van der Waals surface area contributed by atoms with Gasteiger partial charge in [-0.15, -0.1) is 0 Å². The molecule has 1 atom stereocenters. The Hall–Kier alpha value is -1.54. The van der Waals surface area contributed by atoms with Crippen LogP contribution in [0.4, 0.5) is 8.78 Å². The van der Waals surface area contributed by atoms with Crippen molar-refractivity contribution >= 4 is 15.9 Å². The third-order valence-corrected chi connectivity index (χ3v) is 4.48. The molecule has 5 nitrogen and oxygen atoms in total. The van der Waals surface area contributed by atoms with E-state index in [1.54, 1.807) is 25.1 Å². The van der Waals surface area contributed by atoms with Gasteiger partial charge in [-0.3, -0.25) is 4.79 Å². The van der Waals surface area contributed by atoms with E-state index >= 15 is 0 Å². The molecule has 0 aliphatic heterocycles. The molecule has 1 aromatic carbocycles. The van der Waals surface area contributed by atoms with E-state index in [1.165, 1.54) is 19.1 Å². The Labute approximate surface area is 129 Å². The Morgan fingerprint density at radius 1 is 1.27 bits per heavy atom. The maximum Gasteiger partial charge on any atom is 0.255 e. The van der Waals surface area contributed by atoms with Gasteiger partial charge in [0.15, 0.2) is 0 Å². The minimum Gasteiger partial charge on any atom is -0.336 e. The zero-order valence-corrected chi connectivity index (χ0v) is 13.3. The molecule has 0 bridgehead atoms. The van der Waals surface area contributed by atoms with Crippen molar-refractivity contribution in [2.24, 2.45) is 0 Å². The molecule has 0 heterocycles. The van der Waals surface area contributed by atoms with Crippen LogP contribution in [0.2, 0.25) is 0 Å². The summed E-state index contributed by atoms with van der Waals surface area (Å²) in [5.74, 6) is -0.665. The van der Waals surface area contributed by atoms with E-state index in [9.17, 15) is 22.0 Å². The quantitative estimate of drug-likeness (QED) is 0.789. The topological polar surface area (TPSA) is 66.5 Å². The molecule has 1 rings (SSSR count). The van der Waals surface area contributed by atoms with Crippen LogP contribution in [0.3, 0.4) is 0 Å². The van der Waals surface area contributed by atoms with Gasteiger partial charge in [-0.1, -0.05) is 25.1 Å². The van der Waals surface area contributed by atoms with E-state index in [1.807, 2.05) is 0 Å². The maximum atomic E-state index is 12.5. The summed E-state index contributed by atoms with van der Waals surface area (Å²) in [5.41, 5.74) is 0. The number of nitrogens with one attached hydrogen (secondary N) is 1. The molecule has 0 spiro atoms. The van der Waals surface area contributed by atoms with Crippen LogP contribution in [-0.4, -0.2) is 44.8 Å². The van der Waals surface area contributed by atoms with Gasteiger partial charge in [0, 0.05) is 6.54 Å². The van der Waals surface area contributed by atoms with E-state index in [4.69, 9.17) is 0 Å². The molecule has 0 saturated carbocycles. The number of rotatable bonds is 8. The molecular weight excluding hydrogens is 314 g/mol. The fourth-order valence-electron chi connectivity index (χ4n) is 1.95. The summed E-state index contributed by atoms with van der Waals surface area (Å²) >= 11 is 0. The molecule has 0 fully saturated rings. The molecule has 1 aromatic rings. The first-order chi connectivity index (χ1) is 10.3. The van der Waals surface area contributed by atoms with Gasteiger partial charge in [0.2, 0.25) is 15.9 Å². The number of carbonyl (C=O) groups is 1. The molecule has 1 amide bonds. The van der Waals surface area contributed by atoms with Crippen molar-refractivity contribution in [1.82, 2.24) is 9.62 Å². The number of nitrogens with zero attached hydrogens (tertiary/aromatic N) is 1. The molecule has 0 aliphatic rings. The summed E-state index contributed by atoms with van der Waals surface area (Å²) in [6.45, 7) is 2.55. The Balaban J connectivity index is 2.82. The van der Waals surface area contributed by atoms with E-state index in [0.717, 1.165) is 4.90 Å². The number of halogens is 2. The summed E-state index contributed by atoms with van der Waals surface area (Å²) in [6.07, 6.45) is -2.15. The second-order valence-corrected chi connectivity index (χ2v) is 6.55. The van der Waals surface area contributed by atoms with Crippen LogP contribution >= 0.6 is 0 Å². The van der Waals surface area contributed by atoms with Crippen LogP contribution in [0, 0.1) is 0 Å². The highest BCUT2D eigenvalue weighted by Crippen LogP contribution is 2.10. The molecule has 1 N–H and O–H groups in total. The van der Waals surface area contributed by atoms with Crippen LogP contribution in [0.1, 0.15) is 20.3 Å². The number of alkyl halides is 2. The smallest absolute Gasteiger partial charge is 0.255 e. The van der Waals surface area contributed by atoms with Crippen molar-refractivity contribution in [2.75, 3.05) is 13.1 Å². The Bertz CT molecular complexity index is 579. The number of hydrogen-bond acceptors (Lipinski definition) is 3. The maximum absolute atomic E-state index is 12.5. The second kappa shape index (κ2) is 8.19. The first-order valence-electron chi connectivity index (χ1n) is 6.92. The van der Waals surface area contributed by atoms with Crippen molar-refractivity contribution in [2.45, 2.75) is 37.6 Å². The summed E-state index contributed by atoms with van der Waals surface area (Å²) in [7, 11) is -3.87. The standard InChI is InChI=1S/C14H20F2N2O3S/c1-3-9-18(10-13(15)16)14(19)11(2)17-22(20,21)12-7-5-4-6-8-12/h4-8,11,13,17H,3,9-10H2,1-2H3/t11-/m0/s1. The van der Waals surface area contributed by atoms with Crippen LogP contribution < -0.4 is 4.72 Å². The average Bonchev–Trinajstić information content (AvgIpc) is 2.46. The third-order valence-electron chi connectivity index (χ3n) is 2.92. The fourth-order valence-corrected chi connectivity index (χ4v) is 3.17.